The van der Waals surface area contributed by atoms with Crippen molar-refractivity contribution >= 4 is 18.0 Å². The fourth-order valence-corrected chi connectivity index (χ4v) is 3.95. The van der Waals surface area contributed by atoms with E-state index < -0.39 is 30.1 Å². The van der Waals surface area contributed by atoms with Crippen LogP contribution in [0, 0.1) is 5.92 Å². The summed E-state index contributed by atoms with van der Waals surface area (Å²) < 4.78 is 5.48. The number of aliphatic hydroxyl groups is 1. The number of aliphatic hydroxyl groups excluding tert-OH is 1. The van der Waals surface area contributed by atoms with E-state index in [1.165, 1.54) is 0 Å². The maximum Gasteiger partial charge on any atom is 0.407 e. The third-order valence-electron chi connectivity index (χ3n) is 5.60. The molecular weight excluding hydrogens is 412 g/mol. The Bertz CT molecular complexity index is 944. The van der Waals surface area contributed by atoms with Crippen molar-refractivity contribution in [2.24, 2.45) is 5.92 Å². The summed E-state index contributed by atoms with van der Waals surface area (Å²) >= 11 is 0. The second-order valence-corrected chi connectivity index (χ2v) is 8.10. The molecule has 2 aromatic carbocycles. The molecule has 0 fully saturated rings. The maximum atomic E-state index is 12.6. The van der Waals surface area contributed by atoms with Gasteiger partial charge in [-0.15, -0.1) is 0 Å². The molecule has 3 rings (SSSR count). The number of nitrogens with one attached hydrogen (secondary N) is 2. The molecule has 0 heterocycles. The zero-order chi connectivity index (χ0) is 23.3. The van der Waals surface area contributed by atoms with Crippen LogP contribution in [0.4, 0.5) is 4.79 Å². The van der Waals surface area contributed by atoms with Crippen LogP contribution in [0.3, 0.4) is 0 Å². The van der Waals surface area contributed by atoms with Crippen LogP contribution < -0.4 is 10.6 Å². The summed E-state index contributed by atoms with van der Waals surface area (Å²) in [6.07, 6.45) is -0.883. The van der Waals surface area contributed by atoms with Gasteiger partial charge in [-0.25, -0.2) is 9.59 Å². The lowest BCUT2D eigenvalue weighted by molar-refractivity contribution is -0.142. The number of alkyl carbamates (subject to hydrolysis) is 1. The first kappa shape index (κ1) is 23.3. The number of carbonyl (C=O) groups is 3. The summed E-state index contributed by atoms with van der Waals surface area (Å²) in [4.78, 5) is 36.3. The lowest BCUT2D eigenvalue weighted by atomic mass is 9.98. The van der Waals surface area contributed by atoms with E-state index in [2.05, 4.69) is 10.6 Å². The molecule has 2 aromatic rings. The van der Waals surface area contributed by atoms with E-state index in [4.69, 9.17) is 9.84 Å². The normalized spacial score (nSPS) is 14.2. The number of carbonyl (C=O) groups excluding carboxylic acids is 2. The molecule has 8 nitrogen and oxygen atoms in total. The highest BCUT2D eigenvalue weighted by molar-refractivity contribution is 5.89. The zero-order valence-corrected chi connectivity index (χ0v) is 18.1. The third-order valence-corrected chi connectivity index (χ3v) is 5.60. The van der Waals surface area contributed by atoms with E-state index in [0.29, 0.717) is 0 Å². The molecular formula is C24H28N2O6. The molecule has 0 bridgehead atoms. The second-order valence-electron chi connectivity index (χ2n) is 8.10. The van der Waals surface area contributed by atoms with Crippen LogP contribution in [0.1, 0.15) is 37.3 Å². The topological polar surface area (TPSA) is 125 Å². The summed E-state index contributed by atoms with van der Waals surface area (Å²) in [7, 11) is 0. The largest absolute Gasteiger partial charge is 0.480 e. The number of hydrogen-bond donors (Lipinski definition) is 4. The molecule has 0 radical (unpaired) electrons. The van der Waals surface area contributed by atoms with Crippen LogP contribution >= 0.6 is 0 Å². The lowest BCUT2D eigenvalue weighted by Crippen LogP contribution is -2.54. The Kier molecular flexibility index (Phi) is 7.48. The molecule has 0 saturated heterocycles. The van der Waals surface area contributed by atoms with Crippen molar-refractivity contribution < 1.29 is 29.3 Å². The quantitative estimate of drug-likeness (QED) is 0.475. The molecule has 1 aliphatic carbocycles. The molecule has 1 aliphatic rings. The highest BCUT2D eigenvalue weighted by Gasteiger charge is 2.31. The van der Waals surface area contributed by atoms with Crippen LogP contribution in [0.5, 0.6) is 0 Å². The van der Waals surface area contributed by atoms with Gasteiger partial charge in [-0.05, 0) is 28.2 Å². The van der Waals surface area contributed by atoms with E-state index in [1.807, 2.05) is 48.5 Å². The van der Waals surface area contributed by atoms with Gasteiger partial charge in [0, 0.05) is 18.9 Å². The first-order valence-electron chi connectivity index (χ1n) is 10.6. The van der Waals surface area contributed by atoms with Crippen molar-refractivity contribution in [3.63, 3.8) is 0 Å². The number of benzene rings is 2. The smallest absolute Gasteiger partial charge is 0.407 e. The van der Waals surface area contributed by atoms with Crippen LogP contribution in [-0.2, 0) is 14.3 Å². The first-order chi connectivity index (χ1) is 15.3. The predicted molar refractivity (Wildman–Crippen MR) is 118 cm³/mol. The first-order valence-corrected chi connectivity index (χ1v) is 10.6. The lowest BCUT2D eigenvalue weighted by Gasteiger charge is -2.24. The molecule has 170 valence electrons. The molecule has 0 aliphatic heterocycles. The molecule has 2 amide bonds. The highest BCUT2D eigenvalue weighted by atomic mass is 16.5. The van der Waals surface area contributed by atoms with Gasteiger partial charge in [-0.1, -0.05) is 62.4 Å². The van der Waals surface area contributed by atoms with Crippen molar-refractivity contribution in [1.29, 1.82) is 0 Å². The maximum absolute atomic E-state index is 12.6. The van der Waals surface area contributed by atoms with E-state index in [-0.39, 0.29) is 31.5 Å². The summed E-state index contributed by atoms with van der Waals surface area (Å²) in [5, 5.41) is 23.1. The SMILES string of the molecule is CC(C)[C@H](NC(=O)OCC1c2ccccc2-c2ccccc21)C(=O)NC(CCO)C(=O)O. The van der Waals surface area contributed by atoms with Gasteiger partial charge in [0.2, 0.25) is 5.91 Å². The van der Waals surface area contributed by atoms with Crippen molar-refractivity contribution in [3.05, 3.63) is 59.7 Å². The van der Waals surface area contributed by atoms with Gasteiger partial charge < -0.3 is 25.6 Å². The Labute approximate surface area is 186 Å². The molecule has 0 aromatic heterocycles. The van der Waals surface area contributed by atoms with Gasteiger partial charge in [-0.3, -0.25) is 4.79 Å². The monoisotopic (exact) mass is 440 g/mol. The van der Waals surface area contributed by atoms with E-state index >= 15 is 0 Å². The predicted octanol–water partition coefficient (Wildman–Crippen LogP) is 2.50. The fraction of sp³-hybridized carbons (Fsp3) is 0.375. The van der Waals surface area contributed by atoms with Crippen molar-refractivity contribution in [1.82, 2.24) is 10.6 Å². The number of rotatable bonds is 9. The summed E-state index contributed by atoms with van der Waals surface area (Å²) in [6.45, 7) is 3.18. The van der Waals surface area contributed by atoms with Gasteiger partial charge in [0.25, 0.3) is 0 Å². The standard InChI is InChI=1S/C24H28N2O6/c1-14(2)21(22(28)25-20(11-12-27)23(29)30)26-24(31)32-13-19-17-9-5-3-7-15(17)16-8-4-6-10-18(16)19/h3-10,14,19-21,27H,11-13H2,1-2H3,(H,25,28)(H,26,31)(H,29,30)/t20?,21-/m0/s1. The summed E-state index contributed by atoms with van der Waals surface area (Å²) in [5.41, 5.74) is 4.38. The fourth-order valence-electron chi connectivity index (χ4n) is 3.95. The zero-order valence-electron chi connectivity index (χ0n) is 18.1. The van der Waals surface area contributed by atoms with Crippen LogP contribution in [0.25, 0.3) is 11.1 Å². The van der Waals surface area contributed by atoms with Crippen LogP contribution in [-0.4, -0.2) is 53.5 Å². The molecule has 8 heteroatoms. The Balaban J connectivity index is 1.65. The Morgan fingerprint density at radius 1 is 0.969 bits per heavy atom. The minimum absolute atomic E-state index is 0.106. The van der Waals surface area contributed by atoms with Gasteiger partial charge in [-0.2, -0.15) is 0 Å². The summed E-state index contributed by atoms with van der Waals surface area (Å²) in [6, 6.07) is 13.7. The van der Waals surface area contributed by atoms with Crippen LogP contribution in [0.15, 0.2) is 48.5 Å². The number of amides is 2. The van der Waals surface area contributed by atoms with Crippen molar-refractivity contribution in [3.8, 4) is 11.1 Å². The highest BCUT2D eigenvalue weighted by Crippen LogP contribution is 2.44. The van der Waals surface area contributed by atoms with Crippen LogP contribution in [0.2, 0.25) is 0 Å². The number of aliphatic carboxylic acids is 1. The molecule has 1 unspecified atom stereocenters. The number of fused-ring (bicyclic) bond motifs is 3. The number of ether oxygens (including phenoxy) is 1. The van der Waals surface area contributed by atoms with E-state index in [9.17, 15) is 19.5 Å². The van der Waals surface area contributed by atoms with E-state index in [0.717, 1.165) is 22.3 Å². The number of hydrogen-bond acceptors (Lipinski definition) is 5. The molecule has 32 heavy (non-hydrogen) atoms. The van der Waals surface area contributed by atoms with Gasteiger partial charge >= 0.3 is 12.1 Å². The summed E-state index contributed by atoms with van der Waals surface area (Å²) in [5.74, 6) is -2.31. The minimum Gasteiger partial charge on any atom is -0.480 e. The van der Waals surface area contributed by atoms with E-state index in [1.54, 1.807) is 13.8 Å². The molecule has 2 atom stereocenters. The van der Waals surface area contributed by atoms with Gasteiger partial charge in [0.05, 0.1) is 0 Å². The van der Waals surface area contributed by atoms with Crippen molar-refractivity contribution in [2.45, 2.75) is 38.3 Å². The average Bonchev–Trinajstić information content (AvgIpc) is 3.09. The number of carboxylic acid groups (broad SMARTS) is 1. The molecule has 0 saturated carbocycles. The number of carboxylic acids is 1. The Hall–Kier alpha value is -3.39. The second kappa shape index (κ2) is 10.3. The molecule has 0 spiro atoms. The van der Waals surface area contributed by atoms with Gasteiger partial charge in [0.15, 0.2) is 0 Å². The average molecular weight is 440 g/mol. The molecule has 4 N–H and O–H groups in total. The Morgan fingerprint density at radius 2 is 1.53 bits per heavy atom. The Morgan fingerprint density at radius 3 is 2.03 bits per heavy atom. The minimum atomic E-state index is -1.25. The van der Waals surface area contributed by atoms with Gasteiger partial charge in [0.1, 0.15) is 18.7 Å². The third kappa shape index (κ3) is 5.08. The van der Waals surface area contributed by atoms with Crippen molar-refractivity contribution in [2.75, 3.05) is 13.2 Å².